The zero-order valence-electron chi connectivity index (χ0n) is 11.1. The SMILES string of the molecule is C=CCCCCCCCCS(=O)(=O)CC(=C)C. The first-order chi connectivity index (χ1) is 7.98. The first-order valence-electron chi connectivity index (χ1n) is 6.43. The van der Waals surface area contributed by atoms with E-state index in [9.17, 15) is 8.42 Å². The van der Waals surface area contributed by atoms with Crippen LogP contribution < -0.4 is 0 Å². The van der Waals surface area contributed by atoms with E-state index in [1.54, 1.807) is 6.92 Å². The molecule has 0 heterocycles. The molecular weight excluding hydrogens is 232 g/mol. The minimum Gasteiger partial charge on any atom is -0.229 e. The van der Waals surface area contributed by atoms with Crippen LogP contribution in [-0.2, 0) is 9.84 Å². The summed E-state index contributed by atoms with van der Waals surface area (Å²) in [6.45, 7) is 9.09. The number of hydrogen-bond donors (Lipinski definition) is 0. The first-order valence-corrected chi connectivity index (χ1v) is 8.26. The fourth-order valence-electron chi connectivity index (χ4n) is 1.77. The summed E-state index contributed by atoms with van der Waals surface area (Å²) in [5, 5.41) is 0. The highest BCUT2D eigenvalue weighted by Crippen LogP contribution is 2.09. The van der Waals surface area contributed by atoms with E-state index in [0.717, 1.165) is 31.3 Å². The van der Waals surface area contributed by atoms with Gasteiger partial charge in [0.2, 0.25) is 0 Å². The highest BCUT2D eigenvalue weighted by molar-refractivity contribution is 7.91. The minimum absolute atomic E-state index is 0.145. The van der Waals surface area contributed by atoms with Crippen molar-refractivity contribution in [3.63, 3.8) is 0 Å². The Bertz CT molecular complexity index is 315. The molecule has 0 saturated carbocycles. The Morgan fingerprint density at radius 1 is 1.06 bits per heavy atom. The number of unbranched alkanes of at least 4 members (excludes halogenated alkanes) is 6. The average molecular weight is 258 g/mol. The second-order valence-electron chi connectivity index (χ2n) is 4.75. The molecule has 2 nitrogen and oxygen atoms in total. The molecule has 0 rings (SSSR count). The predicted molar refractivity (Wildman–Crippen MR) is 76.0 cm³/mol. The quantitative estimate of drug-likeness (QED) is 0.416. The first kappa shape index (κ1) is 16.4. The van der Waals surface area contributed by atoms with Crippen LogP contribution in [0.5, 0.6) is 0 Å². The molecule has 0 aromatic rings. The van der Waals surface area contributed by atoms with Crippen molar-refractivity contribution >= 4 is 9.84 Å². The molecule has 100 valence electrons. The smallest absolute Gasteiger partial charge is 0.154 e. The maximum atomic E-state index is 11.5. The van der Waals surface area contributed by atoms with Gasteiger partial charge in [-0.2, -0.15) is 0 Å². The summed E-state index contributed by atoms with van der Waals surface area (Å²) < 4.78 is 23.1. The van der Waals surface area contributed by atoms with Crippen molar-refractivity contribution in [1.82, 2.24) is 0 Å². The lowest BCUT2D eigenvalue weighted by Crippen LogP contribution is -2.11. The maximum absolute atomic E-state index is 11.5. The standard InChI is InChI=1S/C14H26O2S/c1-4-5-6-7-8-9-10-11-12-17(15,16)13-14(2)3/h4H,1-2,5-13H2,3H3. The molecule has 0 bridgehead atoms. The zero-order valence-corrected chi connectivity index (χ0v) is 11.9. The molecule has 3 heteroatoms. The number of sulfone groups is 1. The van der Waals surface area contributed by atoms with Crippen LogP contribution >= 0.6 is 0 Å². The molecule has 0 aliphatic heterocycles. The Morgan fingerprint density at radius 2 is 1.59 bits per heavy atom. The van der Waals surface area contributed by atoms with Gasteiger partial charge in [0, 0.05) is 0 Å². The van der Waals surface area contributed by atoms with Crippen LogP contribution in [0.3, 0.4) is 0 Å². The third kappa shape index (κ3) is 11.7. The molecule has 0 aromatic carbocycles. The maximum Gasteiger partial charge on any atom is 0.154 e. The average Bonchev–Trinajstić information content (AvgIpc) is 2.20. The van der Waals surface area contributed by atoms with Crippen molar-refractivity contribution in [1.29, 1.82) is 0 Å². The van der Waals surface area contributed by atoms with Gasteiger partial charge in [-0.3, -0.25) is 0 Å². The molecule has 0 aliphatic carbocycles. The van der Waals surface area contributed by atoms with Gasteiger partial charge in [-0.1, -0.05) is 43.9 Å². The summed E-state index contributed by atoms with van der Waals surface area (Å²) in [6, 6.07) is 0. The summed E-state index contributed by atoms with van der Waals surface area (Å²) in [5.41, 5.74) is 0.731. The van der Waals surface area contributed by atoms with Gasteiger partial charge in [0.15, 0.2) is 9.84 Å². The van der Waals surface area contributed by atoms with Crippen LogP contribution in [0.1, 0.15) is 51.9 Å². The molecule has 0 radical (unpaired) electrons. The van der Waals surface area contributed by atoms with E-state index >= 15 is 0 Å². The van der Waals surface area contributed by atoms with Crippen LogP contribution in [0, 0.1) is 0 Å². The molecule has 0 spiro atoms. The second kappa shape index (κ2) is 9.46. The third-order valence-electron chi connectivity index (χ3n) is 2.58. The van der Waals surface area contributed by atoms with Crippen LogP contribution in [0.4, 0.5) is 0 Å². The molecule has 17 heavy (non-hydrogen) atoms. The van der Waals surface area contributed by atoms with E-state index in [1.807, 2.05) is 6.08 Å². The lowest BCUT2D eigenvalue weighted by atomic mass is 10.1. The molecule has 0 unspecified atom stereocenters. The summed E-state index contributed by atoms with van der Waals surface area (Å²) in [4.78, 5) is 0. The van der Waals surface area contributed by atoms with Crippen molar-refractivity contribution in [2.75, 3.05) is 11.5 Å². The fourth-order valence-corrected chi connectivity index (χ4v) is 3.30. The van der Waals surface area contributed by atoms with E-state index in [4.69, 9.17) is 0 Å². The predicted octanol–water partition coefficient (Wildman–Crippen LogP) is 3.89. The Kier molecular flexibility index (Phi) is 9.14. The second-order valence-corrected chi connectivity index (χ2v) is 6.93. The van der Waals surface area contributed by atoms with Crippen molar-refractivity contribution in [2.45, 2.75) is 51.9 Å². The Labute approximate surface area is 107 Å². The van der Waals surface area contributed by atoms with Gasteiger partial charge in [0.05, 0.1) is 11.5 Å². The number of allylic oxidation sites excluding steroid dienone is 1. The van der Waals surface area contributed by atoms with Gasteiger partial charge in [-0.05, 0) is 26.2 Å². The van der Waals surface area contributed by atoms with Crippen LogP contribution in [0.2, 0.25) is 0 Å². The third-order valence-corrected chi connectivity index (χ3v) is 4.42. The Morgan fingerprint density at radius 3 is 2.12 bits per heavy atom. The van der Waals surface area contributed by atoms with Crippen molar-refractivity contribution in [3.05, 3.63) is 24.8 Å². The Hall–Kier alpha value is -0.570. The molecular formula is C14H26O2S. The minimum atomic E-state index is -2.89. The lowest BCUT2D eigenvalue weighted by molar-refractivity contribution is 0.583. The topological polar surface area (TPSA) is 34.1 Å². The molecule has 0 aromatic heterocycles. The number of rotatable bonds is 11. The molecule has 0 fully saturated rings. The largest absolute Gasteiger partial charge is 0.229 e. The molecule has 0 N–H and O–H groups in total. The van der Waals surface area contributed by atoms with E-state index in [2.05, 4.69) is 13.2 Å². The van der Waals surface area contributed by atoms with Gasteiger partial charge >= 0.3 is 0 Å². The lowest BCUT2D eigenvalue weighted by Gasteiger charge is -2.04. The monoisotopic (exact) mass is 258 g/mol. The Balaban J connectivity index is 3.45. The molecule has 0 saturated heterocycles. The molecule has 0 amide bonds. The van der Waals surface area contributed by atoms with Gasteiger partial charge in [0.25, 0.3) is 0 Å². The summed E-state index contributed by atoms with van der Waals surface area (Å²) in [6.07, 6.45) is 9.62. The highest BCUT2D eigenvalue weighted by atomic mass is 32.2. The summed E-state index contributed by atoms with van der Waals surface area (Å²) >= 11 is 0. The van der Waals surface area contributed by atoms with Crippen molar-refractivity contribution < 1.29 is 8.42 Å². The normalized spacial score (nSPS) is 11.4. The summed E-state index contributed by atoms with van der Waals surface area (Å²) in [7, 11) is -2.89. The van der Waals surface area contributed by atoms with Crippen LogP contribution in [0.15, 0.2) is 24.8 Å². The molecule has 0 atom stereocenters. The van der Waals surface area contributed by atoms with E-state index in [1.165, 1.54) is 19.3 Å². The molecule has 0 aliphatic rings. The van der Waals surface area contributed by atoms with E-state index in [0.29, 0.717) is 5.75 Å². The van der Waals surface area contributed by atoms with Gasteiger partial charge in [-0.15, -0.1) is 6.58 Å². The van der Waals surface area contributed by atoms with Gasteiger partial charge in [-0.25, -0.2) is 8.42 Å². The van der Waals surface area contributed by atoms with Crippen molar-refractivity contribution in [2.24, 2.45) is 0 Å². The van der Waals surface area contributed by atoms with E-state index in [-0.39, 0.29) is 5.75 Å². The van der Waals surface area contributed by atoms with Gasteiger partial charge in [0.1, 0.15) is 0 Å². The van der Waals surface area contributed by atoms with Crippen LogP contribution in [0.25, 0.3) is 0 Å². The fraction of sp³-hybridized carbons (Fsp3) is 0.714. The summed E-state index contributed by atoms with van der Waals surface area (Å²) in [5.74, 6) is 0.457. The van der Waals surface area contributed by atoms with Crippen LogP contribution in [-0.4, -0.2) is 19.9 Å². The number of hydrogen-bond acceptors (Lipinski definition) is 2. The van der Waals surface area contributed by atoms with Gasteiger partial charge < -0.3 is 0 Å². The van der Waals surface area contributed by atoms with Crippen molar-refractivity contribution in [3.8, 4) is 0 Å². The highest BCUT2D eigenvalue weighted by Gasteiger charge is 2.09. The van der Waals surface area contributed by atoms with E-state index < -0.39 is 9.84 Å². The zero-order chi connectivity index (χ0) is 13.1.